The molecule has 0 bridgehead atoms. The van der Waals surface area contributed by atoms with Crippen LogP contribution in [0.25, 0.3) is 0 Å². The third kappa shape index (κ3) is 2.47. The molecule has 2 aliphatic rings. The largest absolute Gasteiger partial charge is 0.338 e. The summed E-state index contributed by atoms with van der Waals surface area (Å²) in [4.78, 5) is 13.9. The fourth-order valence-electron chi connectivity index (χ4n) is 2.59. The molecular formula is C13H21N5. The maximum absolute atomic E-state index is 5.67. The average Bonchev–Trinajstić information content (AvgIpc) is 3.22. The zero-order chi connectivity index (χ0) is 12.5. The second kappa shape index (κ2) is 4.82. The minimum Gasteiger partial charge on any atom is -0.338 e. The first-order valence-electron chi connectivity index (χ1n) is 6.80. The quantitative estimate of drug-likeness (QED) is 0.844. The highest BCUT2D eigenvalue weighted by Gasteiger charge is 2.31. The fraction of sp³-hybridized carbons (Fsp3) is 0.692. The number of aryl methyl sites for hydroxylation is 1. The number of hydrogen-bond donors (Lipinski definition) is 1. The van der Waals surface area contributed by atoms with Gasteiger partial charge in [-0.05, 0) is 25.8 Å². The van der Waals surface area contributed by atoms with Crippen LogP contribution in [0.2, 0.25) is 0 Å². The molecule has 0 spiro atoms. The molecule has 2 heterocycles. The van der Waals surface area contributed by atoms with Gasteiger partial charge in [-0.15, -0.1) is 0 Å². The Morgan fingerprint density at radius 3 is 2.56 bits per heavy atom. The highest BCUT2D eigenvalue weighted by atomic mass is 15.3. The zero-order valence-corrected chi connectivity index (χ0v) is 11.0. The molecule has 0 aromatic carbocycles. The van der Waals surface area contributed by atoms with Crippen molar-refractivity contribution in [2.24, 2.45) is 5.73 Å². The smallest absolute Gasteiger partial charge is 0.225 e. The Hall–Kier alpha value is -1.20. The number of anilines is 1. The lowest BCUT2D eigenvalue weighted by molar-refractivity contribution is 0.247. The van der Waals surface area contributed by atoms with Gasteiger partial charge in [0.05, 0.1) is 5.69 Å². The first kappa shape index (κ1) is 11.9. The van der Waals surface area contributed by atoms with Gasteiger partial charge in [-0.3, -0.25) is 4.90 Å². The number of nitrogens with zero attached hydrogens (tertiary/aromatic N) is 4. The molecule has 0 radical (unpaired) electrons. The molecular weight excluding hydrogens is 226 g/mol. The summed E-state index contributed by atoms with van der Waals surface area (Å²) in [6, 6.07) is 2.83. The van der Waals surface area contributed by atoms with Crippen molar-refractivity contribution >= 4 is 5.95 Å². The number of rotatable bonds is 3. The minimum absolute atomic E-state index is 0.485. The summed E-state index contributed by atoms with van der Waals surface area (Å²) in [6.45, 7) is 6.83. The van der Waals surface area contributed by atoms with Gasteiger partial charge < -0.3 is 10.6 Å². The van der Waals surface area contributed by atoms with Crippen molar-refractivity contribution < 1.29 is 0 Å². The van der Waals surface area contributed by atoms with Crippen molar-refractivity contribution in [2.75, 3.05) is 31.1 Å². The molecule has 1 aliphatic heterocycles. The topological polar surface area (TPSA) is 58.3 Å². The van der Waals surface area contributed by atoms with Gasteiger partial charge in [0.1, 0.15) is 0 Å². The predicted octanol–water partition coefficient (Wildman–Crippen LogP) is 0.528. The van der Waals surface area contributed by atoms with Crippen LogP contribution >= 0.6 is 0 Å². The molecule has 0 unspecified atom stereocenters. The highest BCUT2D eigenvalue weighted by Crippen LogP contribution is 2.27. The van der Waals surface area contributed by atoms with E-state index in [4.69, 9.17) is 5.73 Å². The van der Waals surface area contributed by atoms with Crippen molar-refractivity contribution in [2.45, 2.75) is 32.4 Å². The summed E-state index contributed by atoms with van der Waals surface area (Å²) in [6.07, 6.45) is 2.77. The maximum Gasteiger partial charge on any atom is 0.225 e. The van der Waals surface area contributed by atoms with Crippen LogP contribution < -0.4 is 10.6 Å². The van der Waals surface area contributed by atoms with Crippen LogP contribution in [0.15, 0.2) is 6.07 Å². The fourth-order valence-corrected chi connectivity index (χ4v) is 2.59. The van der Waals surface area contributed by atoms with Crippen LogP contribution in [-0.4, -0.2) is 47.1 Å². The van der Waals surface area contributed by atoms with Crippen molar-refractivity contribution in [3.8, 4) is 0 Å². The van der Waals surface area contributed by atoms with Gasteiger partial charge in [-0.25, -0.2) is 9.97 Å². The van der Waals surface area contributed by atoms with Crippen LogP contribution in [0.3, 0.4) is 0 Å². The summed E-state index contributed by atoms with van der Waals surface area (Å²) in [7, 11) is 0. The Morgan fingerprint density at radius 2 is 1.94 bits per heavy atom. The molecule has 2 fully saturated rings. The van der Waals surface area contributed by atoms with Crippen LogP contribution in [-0.2, 0) is 6.54 Å². The summed E-state index contributed by atoms with van der Waals surface area (Å²) in [5.41, 5.74) is 7.61. The normalized spacial score (nSPS) is 21.3. The van der Waals surface area contributed by atoms with E-state index in [0.717, 1.165) is 49.6 Å². The zero-order valence-electron chi connectivity index (χ0n) is 11.0. The molecule has 0 amide bonds. The molecule has 2 N–H and O–H groups in total. The SMILES string of the molecule is Cc1cc(CN)nc(N2CCN(C3CC3)CC2)n1. The molecule has 3 rings (SSSR count). The number of piperazine rings is 1. The lowest BCUT2D eigenvalue weighted by atomic mass is 10.3. The molecule has 0 atom stereocenters. The molecule has 1 aromatic rings. The summed E-state index contributed by atoms with van der Waals surface area (Å²) in [5.74, 6) is 0.853. The van der Waals surface area contributed by atoms with Crippen molar-refractivity contribution in [1.82, 2.24) is 14.9 Å². The maximum atomic E-state index is 5.67. The van der Waals surface area contributed by atoms with E-state index in [-0.39, 0.29) is 0 Å². The molecule has 5 heteroatoms. The van der Waals surface area contributed by atoms with E-state index in [1.165, 1.54) is 12.8 Å². The Bertz CT molecular complexity index is 421. The van der Waals surface area contributed by atoms with Gasteiger partial charge in [0, 0.05) is 44.5 Å². The van der Waals surface area contributed by atoms with E-state index < -0.39 is 0 Å². The Kier molecular flexibility index (Phi) is 3.18. The number of hydrogen-bond acceptors (Lipinski definition) is 5. The van der Waals surface area contributed by atoms with Gasteiger partial charge in [0.2, 0.25) is 5.95 Å². The van der Waals surface area contributed by atoms with E-state index in [0.29, 0.717) is 6.54 Å². The Morgan fingerprint density at radius 1 is 1.22 bits per heavy atom. The van der Waals surface area contributed by atoms with Crippen LogP contribution in [0.5, 0.6) is 0 Å². The van der Waals surface area contributed by atoms with Crippen LogP contribution in [0.1, 0.15) is 24.2 Å². The third-order valence-electron chi connectivity index (χ3n) is 3.76. The van der Waals surface area contributed by atoms with E-state index >= 15 is 0 Å². The number of aromatic nitrogens is 2. The van der Waals surface area contributed by atoms with Crippen molar-refractivity contribution in [3.05, 3.63) is 17.5 Å². The number of nitrogens with two attached hydrogens (primary N) is 1. The van der Waals surface area contributed by atoms with Gasteiger partial charge in [-0.2, -0.15) is 0 Å². The first-order chi connectivity index (χ1) is 8.76. The molecule has 1 saturated heterocycles. The standard InChI is InChI=1S/C13H21N5/c1-10-8-11(9-14)16-13(15-10)18-6-4-17(5-7-18)12-2-3-12/h8,12H,2-7,9,14H2,1H3. The second-order valence-corrected chi connectivity index (χ2v) is 5.26. The predicted molar refractivity (Wildman–Crippen MR) is 71.5 cm³/mol. The molecule has 1 saturated carbocycles. The van der Waals surface area contributed by atoms with Gasteiger partial charge in [0.15, 0.2) is 0 Å². The third-order valence-corrected chi connectivity index (χ3v) is 3.76. The lowest BCUT2D eigenvalue weighted by Crippen LogP contribution is -2.47. The van der Waals surface area contributed by atoms with Crippen LogP contribution in [0, 0.1) is 6.92 Å². The molecule has 1 aliphatic carbocycles. The lowest BCUT2D eigenvalue weighted by Gasteiger charge is -2.35. The summed E-state index contributed by atoms with van der Waals surface area (Å²) in [5, 5.41) is 0. The summed E-state index contributed by atoms with van der Waals surface area (Å²) < 4.78 is 0. The van der Waals surface area contributed by atoms with E-state index in [2.05, 4.69) is 19.8 Å². The van der Waals surface area contributed by atoms with E-state index in [9.17, 15) is 0 Å². The van der Waals surface area contributed by atoms with Crippen molar-refractivity contribution in [1.29, 1.82) is 0 Å². The summed E-state index contributed by atoms with van der Waals surface area (Å²) >= 11 is 0. The molecule has 1 aromatic heterocycles. The molecule has 18 heavy (non-hydrogen) atoms. The monoisotopic (exact) mass is 247 g/mol. The van der Waals surface area contributed by atoms with E-state index in [1.54, 1.807) is 0 Å². The van der Waals surface area contributed by atoms with Crippen LogP contribution in [0.4, 0.5) is 5.95 Å². The van der Waals surface area contributed by atoms with Gasteiger partial charge >= 0.3 is 0 Å². The molecule has 5 nitrogen and oxygen atoms in total. The molecule has 98 valence electrons. The first-order valence-corrected chi connectivity index (χ1v) is 6.80. The van der Waals surface area contributed by atoms with Gasteiger partial charge in [-0.1, -0.05) is 0 Å². The van der Waals surface area contributed by atoms with E-state index in [1.807, 2.05) is 13.0 Å². The Balaban J connectivity index is 1.69. The van der Waals surface area contributed by atoms with Crippen molar-refractivity contribution in [3.63, 3.8) is 0 Å². The Labute approximate surface area is 108 Å². The second-order valence-electron chi connectivity index (χ2n) is 5.26. The minimum atomic E-state index is 0.485. The van der Waals surface area contributed by atoms with Gasteiger partial charge in [0.25, 0.3) is 0 Å². The highest BCUT2D eigenvalue weighted by molar-refractivity contribution is 5.33. The average molecular weight is 247 g/mol.